The van der Waals surface area contributed by atoms with Crippen LogP contribution < -0.4 is 10.1 Å². The van der Waals surface area contributed by atoms with Crippen molar-refractivity contribution in [2.45, 2.75) is 26.1 Å². The van der Waals surface area contributed by atoms with Gasteiger partial charge in [-0.25, -0.2) is 4.39 Å². The Hall–Kier alpha value is -2.44. The molecule has 27 heavy (non-hydrogen) atoms. The maximum absolute atomic E-state index is 12.9. The fourth-order valence-corrected chi connectivity index (χ4v) is 3.21. The van der Waals surface area contributed by atoms with Crippen molar-refractivity contribution in [3.63, 3.8) is 0 Å². The molecule has 0 radical (unpaired) electrons. The Morgan fingerprint density at radius 1 is 1.07 bits per heavy atom. The maximum atomic E-state index is 12.9. The summed E-state index contributed by atoms with van der Waals surface area (Å²) >= 11 is 0. The number of carbonyl (C=O) groups excluding carboxylic acids is 1. The predicted octanol–water partition coefficient (Wildman–Crippen LogP) is 3.46. The smallest absolute Gasteiger partial charge is 0.251 e. The van der Waals surface area contributed by atoms with Gasteiger partial charge in [-0.15, -0.1) is 0 Å². The van der Waals surface area contributed by atoms with E-state index >= 15 is 0 Å². The Kier molecular flexibility index (Phi) is 6.42. The normalized spacial score (nSPS) is 20.3. The van der Waals surface area contributed by atoms with Crippen molar-refractivity contribution >= 4 is 5.91 Å². The van der Waals surface area contributed by atoms with Crippen molar-refractivity contribution in [1.29, 1.82) is 0 Å². The Labute approximate surface area is 159 Å². The van der Waals surface area contributed by atoms with E-state index in [4.69, 9.17) is 9.47 Å². The summed E-state index contributed by atoms with van der Waals surface area (Å²) in [5.41, 5.74) is 0.574. The summed E-state index contributed by atoms with van der Waals surface area (Å²) < 4.78 is 24.3. The largest absolute Gasteiger partial charge is 0.457 e. The number of rotatable bonds is 6. The third-order valence-corrected chi connectivity index (χ3v) is 4.37. The molecule has 1 aliphatic heterocycles. The monoisotopic (exact) mass is 372 g/mol. The highest BCUT2D eigenvalue weighted by atomic mass is 19.1. The average Bonchev–Trinajstić information content (AvgIpc) is 2.63. The lowest BCUT2D eigenvalue weighted by atomic mass is 10.2. The topological polar surface area (TPSA) is 50.8 Å². The van der Waals surface area contributed by atoms with Crippen LogP contribution >= 0.6 is 0 Å². The molecule has 1 fully saturated rings. The summed E-state index contributed by atoms with van der Waals surface area (Å²) in [6, 6.07) is 12.7. The van der Waals surface area contributed by atoms with E-state index < -0.39 is 0 Å². The molecule has 6 heteroatoms. The Bertz CT molecular complexity index is 739. The van der Waals surface area contributed by atoms with Gasteiger partial charge in [0.05, 0.1) is 12.2 Å². The molecule has 1 heterocycles. The van der Waals surface area contributed by atoms with Crippen LogP contribution in [0.3, 0.4) is 0 Å². The van der Waals surface area contributed by atoms with E-state index in [9.17, 15) is 9.18 Å². The van der Waals surface area contributed by atoms with Crippen molar-refractivity contribution in [3.05, 3.63) is 59.9 Å². The van der Waals surface area contributed by atoms with Gasteiger partial charge in [-0.1, -0.05) is 0 Å². The summed E-state index contributed by atoms with van der Waals surface area (Å²) in [6.45, 7) is 7.29. The van der Waals surface area contributed by atoms with Gasteiger partial charge in [0.2, 0.25) is 0 Å². The van der Waals surface area contributed by atoms with Crippen LogP contribution in [0.5, 0.6) is 11.5 Å². The molecule has 1 N–H and O–H groups in total. The molecule has 3 rings (SSSR count). The molecule has 2 aromatic carbocycles. The number of benzene rings is 2. The van der Waals surface area contributed by atoms with Gasteiger partial charge in [-0.05, 0) is 62.4 Å². The second-order valence-electron chi connectivity index (χ2n) is 6.85. The van der Waals surface area contributed by atoms with Crippen LogP contribution in [0.2, 0.25) is 0 Å². The van der Waals surface area contributed by atoms with Crippen molar-refractivity contribution in [3.8, 4) is 11.5 Å². The van der Waals surface area contributed by atoms with Crippen LogP contribution in [0.1, 0.15) is 24.2 Å². The fraction of sp³-hybridized carbons (Fsp3) is 0.381. The van der Waals surface area contributed by atoms with Gasteiger partial charge >= 0.3 is 0 Å². The van der Waals surface area contributed by atoms with Crippen LogP contribution in [-0.2, 0) is 4.74 Å². The third kappa shape index (κ3) is 5.77. The number of nitrogens with zero attached hydrogens (tertiary/aromatic N) is 1. The van der Waals surface area contributed by atoms with Gasteiger partial charge in [-0.2, -0.15) is 0 Å². The van der Waals surface area contributed by atoms with E-state index in [-0.39, 0.29) is 23.9 Å². The molecular weight excluding hydrogens is 347 g/mol. The Morgan fingerprint density at radius 3 is 2.22 bits per heavy atom. The number of amides is 1. The first kappa shape index (κ1) is 19.3. The zero-order chi connectivity index (χ0) is 19.2. The SMILES string of the molecule is CC1CN(CCNC(=O)c2ccc(Oc3ccc(F)cc3)cc2)CC(C)O1. The number of halogens is 1. The first-order valence-electron chi connectivity index (χ1n) is 9.19. The molecule has 2 aromatic rings. The van der Waals surface area contributed by atoms with Gasteiger partial charge in [0.1, 0.15) is 17.3 Å². The number of carbonyl (C=O) groups is 1. The van der Waals surface area contributed by atoms with Crippen molar-refractivity contribution < 1.29 is 18.7 Å². The minimum Gasteiger partial charge on any atom is -0.457 e. The highest BCUT2D eigenvalue weighted by molar-refractivity contribution is 5.94. The first-order chi connectivity index (χ1) is 13.0. The van der Waals surface area contributed by atoms with Crippen LogP contribution in [0.15, 0.2) is 48.5 Å². The molecule has 0 aliphatic carbocycles. The molecule has 2 atom stereocenters. The molecule has 5 nitrogen and oxygen atoms in total. The van der Waals surface area contributed by atoms with Crippen LogP contribution in [0.4, 0.5) is 4.39 Å². The van der Waals surface area contributed by atoms with E-state index in [0.29, 0.717) is 23.6 Å². The van der Waals surface area contributed by atoms with Gasteiger partial charge in [-0.3, -0.25) is 9.69 Å². The summed E-state index contributed by atoms with van der Waals surface area (Å²) in [6.07, 6.45) is 0.441. The molecule has 2 unspecified atom stereocenters. The summed E-state index contributed by atoms with van der Waals surface area (Å²) in [4.78, 5) is 14.6. The van der Waals surface area contributed by atoms with Crippen LogP contribution in [0.25, 0.3) is 0 Å². The fourth-order valence-electron chi connectivity index (χ4n) is 3.21. The van der Waals surface area contributed by atoms with Crippen LogP contribution in [0, 0.1) is 5.82 Å². The number of nitrogens with one attached hydrogen (secondary N) is 1. The molecule has 0 spiro atoms. The Balaban J connectivity index is 1.46. The predicted molar refractivity (Wildman–Crippen MR) is 102 cm³/mol. The van der Waals surface area contributed by atoms with Gasteiger partial charge < -0.3 is 14.8 Å². The second-order valence-corrected chi connectivity index (χ2v) is 6.85. The number of hydrogen-bond donors (Lipinski definition) is 1. The molecular formula is C21H25FN2O3. The first-order valence-corrected chi connectivity index (χ1v) is 9.19. The van der Waals surface area contributed by atoms with E-state index in [1.165, 1.54) is 12.1 Å². The highest BCUT2D eigenvalue weighted by Gasteiger charge is 2.21. The van der Waals surface area contributed by atoms with Gasteiger partial charge in [0.25, 0.3) is 5.91 Å². The summed E-state index contributed by atoms with van der Waals surface area (Å²) in [7, 11) is 0. The average molecular weight is 372 g/mol. The lowest BCUT2D eigenvalue weighted by Gasteiger charge is -2.35. The van der Waals surface area contributed by atoms with Gasteiger partial charge in [0.15, 0.2) is 0 Å². The lowest BCUT2D eigenvalue weighted by Crippen LogP contribution is -2.47. The maximum Gasteiger partial charge on any atom is 0.251 e. The molecule has 1 amide bonds. The molecule has 1 aliphatic rings. The molecule has 1 saturated heterocycles. The lowest BCUT2D eigenvalue weighted by molar-refractivity contribution is -0.0672. The molecule has 144 valence electrons. The Morgan fingerprint density at radius 2 is 1.63 bits per heavy atom. The quantitative estimate of drug-likeness (QED) is 0.844. The van der Waals surface area contributed by atoms with E-state index in [1.807, 2.05) is 0 Å². The summed E-state index contributed by atoms with van der Waals surface area (Å²) in [5, 5.41) is 2.95. The van der Waals surface area contributed by atoms with Gasteiger partial charge in [0, 0.05) is 31.7 Å². The number of hydrogen-bond acceptors (Lipinski definition) is 4. The minimum absolute atomic E-state index is 0.113. The number of ether oxygens (including phenoxy) is 2. The standard InChI is InChI=1S/C21H25FN2O3/c1-15-13-24(14-16(2)26-15)12-11-23-21(25)17-3-7-19(8-4-17)27-20-9-5-18(22)6-10-20/h3-10,15-16H,11-14H2,1-2H3,(H,23,25). The van der Waals surface area contributed by atoms with Crippen molar-refractivity contribution in [2.75, 3.05) is 26.2 Å². The highest BCUT2D eigenvalue weighted by Crippen LogP contribution is 2.21. The van der Waals surface area contributed by atoms with E-state index in [2.05, 4.69) is 24.1 Å². The zero-order valence-electron chi connectivity index (χ0n) is 15.7. The molecule has 0 saturated carbocycles. The molecule has 0 bridgehead atoms. The number of morpholine rings is 1. The van der Waals surface area contributed by atoms with E-state index in [0.717, 1.165) is 19.6 Å². The third-order valence-electron chi connectivity index (χ3n) is 4.37. The van der Waals surface area contributed by atoms with E-state index in [1.54, 1.807) is 36.4 Å². The van der Waals surface area contributed by atoms with Crippen molar-refractivity contribution in [2.24, 2.45) is 0 Å². The summed E-state index contributed by atoms with van der Waals surface area (Å²) in [5.74, 6) is 0.713. The molecule has 0 aromatic heterocycles. The van der Waals surface area contributed by atoms with Crippen molar-refractivity contribution in [1.82, 2.24) is 10.2 Å². The van der Waals surface area contributed by atoms with Crippen LogP contribution in [-0.4, -0.2) is 49.2 Å². The second kappa shape index (κ2) is 8.97. The zero-order valence-corrected chi connectivity index (χ0v) is 15.7. The minimum atomic E-state index is -0.310.